The molecule has 0 radical (unpaired) electrons. The smallest absolute Gasteiger partial charge is 0.137 e. The Bertz CT molecular complexity index is 3450. The topological polar surface area (TPSA) is 16.4 Å². The van der Waals surface area contributed by atoms with Crippen LogP contribution in [-0.2, 0) is 0 Å². The Morgan fingerprint density at radius 2 is 1.07 bits per heavy atom. The van der Waals surface area contributed by atoms with Crippen molar-refractivity contribution in [3.05, 3.63) is 176 Å². The third-order valence-corrected chi connectivity index (χ3v) is 13.5. The van der Waals surface area contributed by atoms with Crippen LogP contribution in [0.15, 0.2) is 180 Å². The van der Waals surface area contributed by atoms with Gasteiger partial charge in [0.25, 0.3) is 0 Å². The van der Waals surface area contributed by atoms with Crippen LogP contribution in [0, 0.1) is 0 Å². The lowest BCUT2D eigenvalue weighted by atomic mass is 9.98. The van der Waals surface area contributed by atoms with Gasteiger partial charge in [0.15, 0.2) is 0 Å². The molecule has 4 heteroatoms. The zero-order valence-corrected chi connectivity index (χ0v) is 30.5. The highest BCUT2D eigenvalue weighted by Gasteiger charge is 2.22. The highest BCUT2D eigenvalue weighted by Crippen LogP contribution is 2.49. The Labute approximate surface area is 318 Å². The van der Waals surface area contributed by atoms with Gasteiger partial charge in [0.2, 0.25) is 0 Å². The van der Waals surface area contributed by atoms with E-state index in [0.717, 1.165) is 33.6 Å². The van der Waals surface area contributed by atoms with E-state index in [4.69, 9.17) is 4.42 Å². The van der Waals surface area contributed by atoms with Gasteiger partial charge >= 0.3 is 0 Å². The van der Waals surface area contributed by atoms with Crippen LogP contribution in [0.25, 0.3) is 95.0 Å². The summed E-state index contributed by atoms with van der Waals surface area (Å²) in [6, 6.07) is 64.0. The minimum absolute atomic E-state index is 0.881. The van der Waals surface area contributed by atoms with Crippen molar-refractivity contribution in [2.45, 2.75) is 0 Å². The number of thiophene rings is 2. The molecule has 0 saturated carbocycles. The summed E-state index contributed by atoms with van der Waals surface area (Å²) in [7, 11) is 0. The summed E-state index contributed by atoms with van der Waals surface area (Å²) in [5.74, 6) is 0. The molecule has 3 aromatic heterocycles. The lowest BCUT2D eigenvalue weighted by molar-refractivity contribution is 0.669. The van der Waals surface area contributed by atoms with Crippen LogP contribution in [0.4, 0.5) is 17.1 Å². The van der Waals surface area contributed by atoms with Gasteiger partial charge in [-0.2, -0.15) is 0 Å². The standard InChI is InChI=1S/C50H29NOS2/c1-3-12-35-30(9-1)11-7-15-36(35)32-19-22-33(23-20-32)51(34-24-25-40-44(29-34)52-43-27-21-31-10-2-4-13-37(31)47(40)43)42-17-8-16-38-39-26-28-46-48(50(39)54-49(38)42)41-14-5-6-18-45(41)53-46/h1-29H. The van der Waals surface area contributed by atoms with E-state index < -0.39 is 0 Å². The fourth-order valence-electron chi connectivity index (χ4n) is 8.59. The highest BCUT2D eigenvalue weighted by molar-refractivity contribution is 7.30. The first kappa shape index (κ1) is 30.0. The number of hydrogen-bond acceptors (Lipinski definition) is 4. The predicted octanol–water partition coefficient (Wildman–Crippen LogP) is 15.8. The number of benzene rings is 9. The maximum absolute atomic E-state index is 6.63. The molecule has 0 atom stereocenters. The van der Waals surface area contributed by atoms with E-state index in [1.807, 2.05) is 22.7 Å². The lowest BCUT2D eigenvalue weighted by Gasteiger charge is -2.26. The number of rotatable bonds is 4. The van der Waals surface area contributed by atoms with Crippen LogP contribution in [0.3, 0.4) is 0 Å². The summed E-state index contributed by atoms with van der Waals surface area (Å²) in [5.41, 5.74) is 7.52. The maximum Gasteiger partial charge on any atom is 0.137 e. The van der Waals surface area contributed by atoms with E-state index in [1.165, 1.54) is 78.4 Å². The minimum Gasteiger partial charge on any atom is -0.456 e. The summed E-state index contributed by atoms with van der Waals surface area (Å²) in [5, 5.41) is 12.5. The minimum atomic E-state index is 0.881. The summed E-state index contributed by atoms with van der Waals surface area (Å²) in [6.07, 6.45) is 0. The Morgan fingerprint density at radius 3 is 1.96 bits per heavy atom. The number of furan rings is 1. The second kappa shape index (κ2) is 11.5. The van der Waals surface area contributed by atoms with Gasteiger partial charge in [-0.25, -0.2) is 0 Å². The Morgan fingerprint density at radius 1 is 0.389 bits per heavy atom. The molecule has 0 aliphatic rings. The average molecular weight is 724 g/mol. The number of fused-ring (bicyclic) bond motifs is 13. The number of hydrogen-bond donors (Lipinski definition) is 0. The van der Waals surface area contributed by atoms with Gasteiger partial charge < -0.3 is 9.32 Å². The summed E-state index contributed by atoms with van der Waals surface area (Å²) in [4.78, 5) is 2.41. The molecule has 252 valence electrons. The zero-order chi connectivity index (χ0) is 35.3. The fraction of sp³-hybridized carbons (Fsp3) is 0. The Balaban J connectivity index is 1.10. The summed E-state index contributed by atoms with van der Waals surface area (Å²) < 4.78 is 11.9. The molecule has 12 rings (SSSR count). The SMILES string of the molecule is c1ccc2c(-c3ccc(N(c4ccc5c(c4)oc4ccc6ccccc6c45)c4cccc5c4sc4c5ccc5sc6ccccc6c54)cc3)cccc2c1. The molecule has 0 aliphatic heterocycles. The molecule has 2 nitrogen and oxygen atoms in total. The Kier molecular flexibility index (Phi) is 6.41. The van der Waals surface area contributed by atoms with Crippen molar-refractivity contribution in [2.24, 2.45) is 0 Å². The molecular weight excluding hydrogens is 695 g/mol. The largest absolute Gasteiger partial charge is 0.456 e. The van der Waals surface area contributed by atoms with Crippen molar-refractivity contribution in [2.75, 3.05) is 4.90 Å². The van der Waals surface area contributed by atoms with Gasteiger partial charge in [-0.05, 0) is 81.2 Å². The second-order valence-corrected chi connectivity index (χ2v) is 16.1. The molecule has 0 fully saturated rings. The van der Waals surface area contributed by atoms with Crippen molar-refractivity contribution < 1.29 is 4.42 Å². The van der Waals surface area contributed by atoms with Gasteiger partial charge in [0, 0.05) is 63.9 Å². The monoisotopic (exact) mass is 723 g/mol. The van der Waals surface area contributed by atoms with Crippen LogP contribution < -0.4 is 4.90 Å². The first-order valence-electron chi connectivity index (χ1n) is 18.2. The van der Waals surface area contributed by atoms with Crippen LogP contribution >= 0.6 is 22.7 Å². The van der Waals surface area contributed by atoms with Gasteiger partial charge in [0.05, 0.1) is 10.4 Å². The molecule has 0 bridgehead atoms. The fourth-order valence-corrected chi connectivity index (χ4v) is 11.1. The molecule has 0 aliphatic carbocycles. The molecule has 12 aromatic rings. The second-order valence-electron chi connectivity index (χ2n) is 14.0. The van der Waals surface area contributed by atoms with Crippen LogP contribution in [0.2, 0.25) is 0 Å². The van der Waals surface area contributed by atoms with Gasteiger partial charge in [-0.1, -0.05) is 121 Å². The van der Waals surface area contributed by atoms with Gasteiger partial charge in [0.1, 0.15) is 11.2 Å². The average Bonchev–Trinajstić information content (AvgIpc) is 3.92. The Hall–Kier alpha value is -6.46. The third-order valence-electron chi connectivity index (χ3n) is 11.1. The van der Waals surface area contributed by atoms with Crippen LogP contribution in [0.5, 0.6) is 0 Å². The summed E-state index contributed by atoms with van der Waals surface area (Å²) in [6.45, 7) is 0. The van der Waals surface area contributed by atoms with Crippen molar-refractivity contribution in [1.82, 2.24) is 0 Å². The highest BCUT2D eigenvalue weighted by atomic mass is 32.1. The number of nitrogens with zero attached hydrogens (tertiary/aromatic N) is 1. The number of anilines is 3. The van der Waals surface area contributed by atoms with Crippen molar-refractivity contribution in [3.63, 3.8) is 0 Å². The van der Waals surface area contributed by atoms with E-state index in [9.17, 15) is 0 Å². The first-order chi connectivity index (χ1) is 26.8. The van der Waals surface area contributed by atoms with Gasteiger partial charge in [-0.3, -0.25) is 0 Å². The molecule has 54 heavy (non-hydrogen) atoms. The normalized spacial score (nSPS) is 12.1. The van der Waals surface area contributed by atoms with E-state index >= 15 is 0 Å². The molecule has 0 saturated heterocycles. The molecule has 0 amide bonds. The molecule has 3 heterocycles. The van der Waals surface area contributed by atoms with E-state index in [0.29, 0.717) is 0 Å². The van der Waals surface area contributed by atoms with E-state index in [-0.39, 0.29) is 0 Å². The van der Waals surface area contributed by atoms with Crippen LogP contribution in [-0.4, -0.2) is 0 Å². The zero-order valence-electron chi connectivity index (χ0n) is 28.9. The molecule has 9 aromatic carbocycles. The third kappa shape index (κ3) is 4.38. The van der Waals surface area contributed by atoms with Crippen molar-refractivity contribution >= 4 is 124 Å². The van der Waals surface area contributed by atoms with Crippen molar-refractivity contribution in [3.8, 4) is 11.1 Å². The van der Waals surface area contributed by atoms with Gasteiger partial charge in [-0.15, -0.1) is 22.7 Å². The van der Waals surface area contributed by atoms with E-state index in [2.05, 4.69) is 181 Å². The maximum atomic E-state index is 6.63. The quantitative estimate of drug-likeness (QED) is 0.180. The molecular formula is C50H29NOS2. The van der Waals surface area contributed by atoms with E-state index in [1.54, 1.807) is 0 Å². The predicted molar refractivity (Wildman–Crippen MR) is 235 cm³/mol. The molecule has 0 N–H and O–H groups in total. The lowest BCUT2D eigenvalue weighted by Crippen LogP contribution is -2.10. The molecule has 0 unspecified atom stereocenters. The van der Waals surface area contributed by atoms with Crippen molar-refractivity contribution in [1.29, 1.82) is 0 Å². The van der Waals surface area contributed by atoms with Crippen LogP contribution in [0.1, 0.15) is 0 Å². The first-order valence-corrected chi connectivity index (χ1v) is 19.9. The molecule has 0 spiro atoms. The summed E-state index contributed by atoms with van der Waals surface area (Å²) >= 11 is 3.79.